The zero-order chi connectivity index (χ0) is 14.7. The van der Waals surface area contributed by atoms with Gasteiger partial charge in [-0.2, -0.15) is 5.26 Å². The van der Waals surface area contributed by atoms with Crippen LogP contribution in [0.15, 0.2) is 41.3 Å². The highest BCUT2D eigenvalue weighted by molar-refractivity contribution is 7.84. The van der Waals surface area contributed by atoms with Gasteiger partial charge in [-0.15, -0.1) is 0 Å². The molecule has 102 valence electrons. The van der Waals surface area contributed by atoms with Crippen molar-refractivity contribution in [3.05, 3.63) is 52.0 Å². The Morgan fingerprint density at radius 2 is 1.80 bits per heavy atom. The average molecular weight is 326 g/mol. The van der Waals surface area contributed by atoms with Crippen LogP contribution in [-0.2, 0) is 10.8 Å². The molecule has 0 aliphatic heterocycles. The molecule has 2 aromatic carbocycles. The maximum Gasteiger partial charge on any atom is 0.143 e. The molecule has 2 rings (SSSR count). The van der Waals surface area contributed by atoms with E-state index in [0.717, 1.165) is 0 Å². The Bertz CT molecular complexity index is 705. The van der Waals surface area contributed by atoms with Crippen LogP contribution in [-0.4, -0.2) is 10.5 Å². The third kappa shape index (κ3) is 3.51. The van der Waals surface area contributed by atoms with Crippen molar-refractivity contribution in [3.8, 4) is 17.6 Å². The highest BCUT2D eigenvalue weighted by Gasteiger charge is 2.11. The monoisotopic (exact) mass is 325 g/mol. The Kier molecular flexibility index (Phi) is 4.66. The normalized spacial score (nSPS) is 11.7. The van der Waals surface area contributed by atoms with Gasteiger partial charge in [0.2, 0.25) is 0 Å². The second-order valence-corrected chi connectivity index (χ2v) is 6.16. The van der Waals surface area contributed by atoms with E-state index >= 15 is 0 Å². The van der Waals surface area contributed by atoms with Crippen molar-refractivity contribution >= 4 is 34.0 Å². The molecule has 0 bridgehead atoms. The summed E-state index contributed by atoms with van der Waals surface area (Å²) in [6.07, 6.45) is 1.52. The molecule has 0 aliphatic rings. The number of nitrogens with zero attached hydrogens (tertiary/aromatic N) is 1. The summed E-state index contributed by atoms with van der Waals surface area (Å²) in [5, 5.41) is 9.76. The standard InChI is InChI=1S/C14H9Cl2NO2S/c1-20(18)14-4-9(8-17)2-3-13(14)19-12-6-10(15)5-11(16)7-12/h2-7H,1H3. The molecule has 0 N–H and O–H groups in total. The fourth-order valence-electron chi connectivity index (χ4n) is 1.60. The zero-order valence-electron chi connectivity index (χ0n) is 10.4. The molecular formula is C14H9Cl2NO2S. The van der Waals surface area contributed by atoms with Crippen LogP contribution >= 0.6 is 23.2 Å². The van der Waals surface area contributed by atoms with Crippen LogP contribution in [0.1, 0.15) is 5.56 Å². The van der Waals surface area contributed by atoms with Crippen LogP contribution in [0.3, 0.4) is 0 Å². The molecule has 1 unspecified atom stereocenters. The van der Waals surface area contributed by atoms with Gasteiger partial charge in [0.1, 0.15) is 11.5 Å². The van der Waals surface area contributed by atoms with Crippen LogP contribution in [0.25, 0.3) is 0 Å². The summed E-state index contributed by atoms with van der Waals surface area (Å²) in [6.45, 7) is 0. The van der Waals surface area contributed by atoms with Gasteiger partial charge in [-0.3, -0.25) is 4.21 Å². The Hall–Kier alpha value is -1.54. The summed E-state index contributed by atoms with van der Waals surface area (Å²) in [6, 6.07) is 11.5. The predicted octanol–water partition coefficient (Wildman–Crippen LogP) is 4.39. The zero-order valence-corrected chi connectivity index (χ0v) is 12.7. The van der Waals surface area contributed by atoms with Gasteiger partial charge in [-0.1, -0.05) is 23.2 Å². The molecule has 3 nitrogen and oxygen atoms in total. The van der Waals surface area contributed by atoms with E-state index in [0.29, 0.717) is 32.0 Å². The van der Waals surface area contributed by atoms with E-state index in [1.165, 1.54) is 12.3 Å². The van der Waals surface area contributed by atoms with Crippen LogP contribution in [0.2, 0.25) is 10.0 Å². The molecule has 0 heterocycles. The quantitative estimate of drug-likeness (QED) is 0.840. The minimum Gasteiger partial charge on any atom is -0.456 e. The first-order chi connectivity index (χ1) is 9.49. The van der Waals surface area contributed by atoms with Crippen molar-refractivity contribution in [2.24, 2.45) is 0 Å². The van der Waals surface area contributed by atoms with E-state index in [9.17, 15) is 4.21 Å². The first kappa shape index (κ1) is 14.9. The maximum absolute atomic E-state index is 11.7. The molecule has 0 fully saturated rings. The molecule has 0 radical (unpaired) electrons. The molecule has 0 spiro atoms. The molecule has 0 aliphatic carbocycles. The minimum absolute atomic E-state index is 0.406. The van der Waals surface area contributed by atoms with E-state index in [1.54, 1.807) is 30.3 Å². The van der Waals surface area contributed by atoms with Crippen molar-refractivity contribution in [2.75, 3.05) is 6.26 Å². The lowest BCUT2D eigenvalue weighted by Crippen LogP contribution is -1.95. The second-order valence-electron chi connectivity index (χ2n) is 3.93. The summed E-state index contributed by atoms with van der Waals surface area (Å²) >= 11 is 11.8. The number of halogens is 2. The first-order valence-corrected chi connectivity index (χ1v) is 7.82. The highest BCUT2D eigenvalue weighted by Crippen LogP contribution is 2.31. The van der Waals surface area contributed by atoms with Gasteiger partial charge < -0.3 is 4.74 Å². The Morgan fingerprint density at radius 1 is 1.15 bits per heavy atom. The van der Waals surface area contributed by atoms with Gasteiger partial charge in [0.25, 0.3) is 0 Å². The summed E-state index contributed by atoms with van der Waals surface area (Å²) in [7, 11) is -1.28. The lowest BCUT2D eigenvalue weighted by molar-refractivity contribution is 0.470. The number of benzene rings is 2. The minimum atomic E-state index is -1.28. The van der Waals surface area contributed by atoms with Crippen molar-refractivity contribution in [1.82, 2.24) is 0 Å². The Morgan fingerprint density at radius 3 is 2.35 bits per heavy atom. The predicted molar refractivity (Wildman–Crippen MR) is 80.0 cm³/mol. The highest BCUT2D eigenvalue weighted by atomic mass is 35.5. The Labute approximate surface area is 129 Å². The van der Waals surface area contributed by atoms with Crippen molar-refractivity contribution < 1.29 is 8.95 Å². The molecule has 2 aromatic rings. The van der Waals surface area contributed by atoms with Gasteiger partial charge in [-0.25, -0.2) is 0 Å². The number of rotatable bonds is 3. The number of nitriles is 1. The summed E-state index contributed by atoms with van der Waals surface area (Å²) < 4.78 is 17.4. The maximum atomic E-state index is 11.7. The van der Waals surface area contributed by atoms with E-state index in [4.69, 9.17) is 33.2 Å². The van der Waals surface area contributed by atoms with Gasteiger partial charge in [-0.05, 0) is 36.4 Å². The summed E-state index contributed by atoms with van der Waals surface area (Å²) in [5.74, 6) is 0.849. The lowest BCUT2D eigenvalue weighted by Gasteiger charge is -2.10. The number of hydrogen-bond donors (Lipinski definition) is 0. The van der Waals surface area contributed by atoms with Gasteiger partial charge >= 0.3 is 0 Å². The van der Waals surface area contributed by atoms with Crippen molar-refractivity contribution in [3.63, 3.8) is 0 Å². The third-order valence-electron chi connectivity index (χ3n) is 2.45. The van der Waals surface area contributed by atoms with E-state index in [-0.39, 0.29) is 0 Å². The van der Waals surface area contributed by atoms with Crippen molar-refractivity contribution in [2.45, 2.75) is 4.90 Å². The first-order valence-electron chi connectivity index (χ1n) is 5.51. The summed E-state index contributed by atoms with van der Waals surface area (Å²) in [5.41, 5.74) is 0.423. The van der Waals surface area contributed by atoms with E-state index in [1.807, 2.05) is 6.07 Å². The fraction of sp³-hybridized carbons (Fsp3) is 0.0714. The molecule has 1 atom stereocenters. The van der Waals surface area contributed by atoms with Crippen molar-refractivity contribution in [1.29, 1.82) is 5.26 Å². The topological polar surface area (TPSA) is 50.1 Å². The molecular weight excluding hydrogens is 317 g/mol. The van der Waals surface area contributed by atoms with Gasteiger partial charge in [0.05, 0.1) is 27.3 Å². The van der Waals surface area contributed by atoms with Crippen LogP contribution < -0.4 is 4.74 Å². The van der Waals surface area contributed by atoms with E-state index < -0.39 is 10.8 Å². The smallest absolute Gasteiger partial charge is 0.143 e. The molecule has 0 amide bonds. The number of hydrogen-bond acceptors (Lipinski definition) is 3. The van der Waals surface area contributed by atoms with Crippen LogP contribution in [0.5, 0.6) is 11.5 Å². The Balaban J connectivity index is 2.43. The molecule has 6 heteroatoms. The SMILES string of the molecule is CS(=O)c1cc(C#N)ccc1Oc1cc(Cl)cc(Cl)c1. The average Bonchev–Trinajstić information content (AvgIpc) is 2.37. The van der Waals surface area contributed by atoms with Gasteiger partial charge in [0.15, 0.2) is 0 Å². The number of ether oxygens (including phenoxy) is 1. The van der Waals surface area contributed by atoms with E-state index in [2.05, 4.69) is 0 Å². The molecule has 0 saturated carbocycles. The molecule has 20 heavy (non-hydrogen) atoms. The second kappa shape index (κ2) is 6.27. The van der Waals surface area contributed by atoms with Crippen LogP contribution in [0, 0.1) is 11.3 Å². The lowest BCUT2D eigenvalue weighted by atomic mass is 10.2. The van der Waals surface area contributed by atoms with Gasteiger partial charge in [0, 0.05) is 16.3 Å². The third-order valence-corrected chi connectivity index (χ3v) is 3.82. The summed E-state index contributed by atoms with van der Waals surface area (Å²) in [4.78, 5) is 0.445. The molecule has 0 saturated heterocycles. The fourth-order valence-corrected chi connectivity index (χ4v) is 2.79. The van der Waals surface area contributed by atoms with Crippen LogP contribution in [0.4, 0.5) is 0 Å². The largest absolute Gasteiger partial charge is 0.456 e. The molecule has 0 aromatic heterocycles.